The Morgan fingerprint density at radius 2 is 2.06 bits per heavy atom. The summed E-state index contributed by atoms with van der Waals surface area (Å²) >= 11 is -1.27. The molecule has 0 spiro atoms. The van der Waals surface area contributed by atoms with Crippen LogP contribution >= 0.6 is 0 Å². The molecule has 1 aromatic rings. The lowest BCUT2D eigenvalue weighted by molar-refractivity contribution is 0.561. The van der Waals surface area contributed by atoms with E-state index in [4.69, 9.17) is 5.26 Å². The van der Waals surface area contributed by atoms with Gasteiger partial charge in [-0.05, 0) is 39.8 Å². The van der Waals surface area contributed by atoms with Gasteiger partial charge < -0.3 is 4.55 Å². The number of nitriles is 1. The molecule has 0 aliphatic heterocycles. The molecule has 90 valence electrons. The molecule has 1 aromatic carbocycles. The molecular weight excluding hydrogens is 232 g/mol. The van der Waals surface area contributed by atoms with Crippen LogP contribution in [-0.4, -0.2) is 15.0 Å². The van der Waals surface area contributed by atoms with Crippen LogP contribution < -0.4 is 0 Å². The van der Waals surface area contributed by atoms with Crippen LogP contribution in [0, 0.1) is 11.3 Å². The molecule has 0 bridgehead atoms. The highest BCUT2D eigenvalue weighted by molar-refractivity contribution is 7.91. The fourth-order valence-corrected chi connectivity index (χ4v) is 1.76. The van der Waals surface area contributed by atoms with Crippen molar-refractivity contribution in [2.24, 2.45) is 4.40 Å². The second-order valence-corrected chi connectivity index (χ2v) is 6.64. The number of hydrogen-bond acceptors (Lipinski definition) is 3. The fourth-order valence-electron chi connectivity index (χ4n) is 1.13. The minimum absolute atomic E-state index is 0.367. The molecule has 0 heterocycles. The highest BCUT2D eigenvalue weighted by atomic mass is 32.2. The van der Waals surface area contributed by atoms with E-state index in [0.29, 0.717) is 11.3 Å². The van der Waals surface area contributed by atoms with E-state index in [-0.39, 0.29) is 4.75 Å². The summed E-state index contributed by atoms with van der Waals surface area (Å²) in [5.74, 6) is 0. The largest absolute Gasteiger partial charge is 0.591 e. The maximum absolute atomic E-state index is 11.9. The zero-order valence-electron chi connectivity index (χ0n) is 10.5. The Morgan fingerprint density at radius 3 is 2.59 bits per heavy atom. The predicted molar refractivity (Wildman–Crippen MR) is 71.3 cm³/mol. The van der Waals surface area contributed by atoms with Gasteiger partial charge in [0.15, 0.2) is 0 Å². The molecule has 0 radical (unpaired) electrons. The Morgan fingerprint density at radius 1 is 1.41 bits per heavy atom. The lowest BCUT2D eigenvalue weighted by Gasteiger charge is -2.18. The molecule has 1 unspecified atom stereocenters. The van der Waals surface area contributed by atoms with E-state index in [1.54, 1.807) is 25.1 Å². The van der Waals surface area contributed by atoms with Crippen molar-refractivity contribution in [1.82, 2.24) is 0 Å². The smallest absolute Gasteiger partial charge is 0.144 e. The van der Waals surface area contributed by atoms with E-state index in [1.807, 2.05) is 26.8 Å². The molecule has 0 saturated carbocycles. The van der Waals surface area contributed by atoms with E-state index < -0.39 is 11.4 Å². The predicted octanol–water partition coefficient (Wildman–Crippen LogP) is 2.83. The first-order valence-corrected chi connectivity index (χ1v) is 6.43. The van der Waals surface area contributed by atoms with Crippen molar-refractivity contribution in [3.05, 3.63) is 35.4 Å². The number of hydrogen-bond donors (Lipinski definition) is 0. The first kappa shape index (κ1) is 13.8. The molecule has 0 aliphatic rings. The molecular formula is C13H16N2OS. The maximum atomic E-state index is 11.9. The monoisotopic (exact) mass is 248 g/mol. The van der Waals surface area contributed by atoms with Gasteiger partial charge in [0, 0.05) is 5.56 Å². The summed E-state index contributed by atoms with van der Waals surface area (Å²) in [6, 6.07) is 9.22. The quantitative estimate of drug-likeness (QED) is 0.597. The van der Waals surface area contributed by atoms with E-state index in [1.165, 1.54) is 0 Å². The molecule has 0 fully saturated rings. The van der Waals surface area contributed by atoms with Crippen LogP contribution in [-0.2, 0) is 11.4 Å². The fraction of sp³-hybridized carbons (Fsp3) is 0.385. The standard InChI is InChI=1S/C13H16N2OS/c1-10(15-17(16)13(2,3)4)12-7-5-6-11(8-12)9-14/h5-8H,1-4H3/b15-10-. The van der Waals surface area contributed by atoms with Crippen molar-refractivity contribution < 1.29 is 4.55 Å². The third-order valence-electron chi connectivity index (χ3n) is 2.15. The minimum atomic E-state index is -1.27. The second kappa shape index (κ2) is 5.35. The van der Waals surface area contributed by atoms with Crippen LogP contribution in [0.15, 0.2) is 28.7 Å². The average Bonchev–Trinajstić information content (AvgIpc) is 2.27. The summed E-state index contributed by atoms with van der Waals surface area (Å²) in [4.78, 5) is 0. The third kappa shape index (κ3) is 3.88. The topological polar surface area (TPSA) is 59.2 Å². The lowest BCUT2D eigenvalue weighted by Crippen LogP contribution is -2.26. The number of benzene rings is 1. The molecule has 1 atom stereocenters. The lowest BCUT2D eigenvalue weighted by atomic mass is 10.1. The van der Waals surface area contributed by atoms with Crippen molar-refractivity contribution in [1.29, 1.82) is 5.26 Å². The average molecular weight is 248 g/mol. The van der Waals surface area contributed by atoms with Gasteiger partial charge in [0.25, 0.3) is 0 Å². The van der Waals surface area contributed by atoms with Crippen LogP contribution in [0.5, 0.6) is 0 Å². The van der Waals surface area contributed by atoms with Crippen molar-refractivity contribution >= 4 is 17.1 Å². The Balaban J connectivity index is 3.00. The Labute approximate surface area is 106 Å². The van der Waals surface area contributed by atoms with E-state index >= 15 is 0 Å². The van der Waals surface area contributed by atoms with Gasteiger partial charge in [0.1, 0.15) is 16.1 Å². The zero-order valence-corrected chi connectivity index (χ0v) is 11.3. The Bertz CT molecular complexity index is 469. The van der Waals surface area contributed by atoms with Gasteiger partial charge >= 0.3 is 0 Å². The summed E-state index contributed by atoms with van der Waals surface area (Å²) in [7, 11) is 0. The van der Waals surface area contributed by atoms with Gasteiger partial charge in [-0.1, -0.05) is 16.5 Å². The zero-order chi connectivity index (χ0) is 13.1. The van der Waals surface area contributed by atoms with Crippen molar-refractivity contribution in [3.63, 3.8) is 0 Å². The van der Waals surface area contributed by atoms with E-state index in [9.17, 15) is 4.55 Å². The van der Waals surface area contributed by atoms with Crippen molar-refractivity contribution in [3.8, 4) is 6.07 Å². The van der Waals surface area contributed by atoms with Gasteiger partial charge in [0.05, 0.1) is 17.3 Å². The normalized spacial score (nSPS) is 14.2. The van der Waals surface area contributed by atoms with Gasteiger partial charge in [0.2, 0.25) is 0 Å². The molecule has 0 aromatic heterocycles. The molecule has 17 heavy (non-hydrogen) atoms. The van der Waals surface area contributed by atoms with E-state index in [0.717, 1.165) is 5.56 Å². The number of nitrogens with zero attached hydrogens (tertiary/aromatic N) is 2. The first-order valence-electron chi connectivity index (χ1n) is 5.32. The third-order valence-corrected chi connectivity index (χ3v) is 3.64. The minimum Gasteiger partial charge on any atom is -0.591 e. The molecule has 1 rings (SSSR count). The molecule has 0 N–H and O–H groups in total. The Kier molecular flexibility index (Phi) is 4.33. The second-order valence-electron chi connectivity index (χ2n) is 4.73. The van der Waals surface area contributed by atoms with Crippen LogP contribution in [0.25, 0.3) is 0 Å². The molecule has 0 aliphatic carbocycles. The van der Waals surface area contributed by atoms with Gasteiger partial charge in [-0.25, -0.2) is 0 Å². The Hall–Kier alpha value is -1.31. The molecule has 0 saturated heterocycles. The van der Waals surface area contributed by atoms with Crippen LogP contribution in [0.4, 0.5) is 0 Å². The van der Waals surface area contributed by atoms with E-state index in [2.05, 4.69) is 10.5 Å². The number of rotatable bonds is 2. The molecule has 0 amide bonds. The van der Waals surface area contributed by atoms with Crippen LogP contribution in [0.2, 0.25) is 0 Å². The summed E-state index contributed by atoms with van der Waals surface area (Å²) in [5.41, 5.74) is 2.11. The highest BCUT2D eigenvalue weighted by Crippen LogP contribution is 2.18. The van der Waals surface area contributed by atoms with Crippen LogP contribution in [0.1, 0.15) is 38.8 Å². The SMILES string of the molecule is C/C(=N/[S+]([O-])C(C)(C)C)c1cccc(C#N)c1. The molecule has 4 heteroatoms. The molecule has 3 nitrogen and oxygen atoms in total. The van der Waals surface area contributed by atoms with Crippen LogP contribution in [0.3, 0.4) is 0 Å². The summed E-state index contributed by atoms with van der Waals surface area (Å²) in [6.45, 7) is 7.45. The first-order chi connectivity index (χ1) is 7.84. The van der Waals surface area contributed by atoms with Gasteiger partial charge in [-0.15, -0.1) is 0 Å². The summed E-state index contributed by atoms with van der Waals surface area (Å²) < 4.78 is 15.7. The van der Waals surface area contributed by atoms with Crippen molar-refractivity contribution in [2.75, 3.05) is 0 Å². The van der Waals surface area contributed by atoms with Gasteiger partial charge in [-0.3, -0.25) is 0 Å². The van der Waals surface area contributed by atoms with Crippen molar-refractivity contribution in [2.45, 2.75) is 32.4 Å². The summed E-state index contributed by atoms with van der Waals surface area (Å²) in [5, 5.41) is 8.81. The van der Waals surface area contributed by atoms with Gasteiger partial charge in [-0.2, -0.15) is 5.26 Å². The maximum Gasteiger partial charge on any atom is 0.144 e. The highest BCUT2D eigenvalue weighted by Gasteiger charge is 2.26. The summed E-state index contributed by atoms with van der Waals surface area (Å²) in [6.07, 6.45) is 0.